The second-order valence-corrected chi connectivity index (χ2v) is 6.40. The molecule has 21 heavy (non-hydrogen) atoms. The van der Waals surface area contributed by atoms with E-state index < -0.39 is 0 Å². The van der Waals surface area contributed by atoms with Gasteiger partial charge in [0.15, 0.2) is 0 Å². The van der Waals surface area contributed by atoms with Crippen LogP contribution in [0, 0.1) is 0 Å². The van der Waals surface area contributed by atoms with Crippen LogP contribution >= 0.6 is 27.5 Å². The van der Waals surface area contributed by atoms with Crippen LogP contribution < -0.4 is 0 Å². The molecule has 0 aliphatic carbocycles. The van der Waals surface area contributed by atoms with Gasteiger partial charge in [-0.05, 0) is 47.1 Å². The fourth-order valence-corrected chi connectivity index (χ4v) is 3.30. The Morgan fingerprint density at radius 3 is 2.86 bits per heavy atom. The van der Waals surface area contributed by atoms with E-state index in [1.807, 2.05) is 4.90 Å². The van der Waals surface area contributed by atoms with E-state index in [4.69, 9.17) is 16.3 Å². The SMILES string of the molecule is COCCN1CCCN(C(=O)c2ccc(Cl)cc2Br)CC1. The second kappa shape index (κ2) is 8.13. The van der Waals surface area contributed by atoms with Gasteiger partial charge in [0.1, 0.15) is 0 Å². The summed E-state index contributed by atoms with van der Waals surface area (Å²) in [6, 6.07) is 5.29. The first kappa shape index (κ1) is 16.7. The number of hydrogen-bond acceptors (Lipinski definition) is 3. The van der Waals surface area contributed by atoms with Crippen LogP contribution in [0.25, 0.3) is 0 Å². The maximum Gasteiger partial charge on any atom is 0.255 e. The van der Waals surface area contributed by atoms with Gasteiger partial charge in [-0.25, -0.2) is 0 Å². The quantitative estimate of drug-likeness (QED) is 0.811. The van der Waals surface area contributed by atoms with E-state index in [9.17, 15) is 4.79 Å². The molecule has 1 aromatic carbocycles. The Bertz CT molecular complexity index is 499. The first-order valence-electron chi connectivity index (χ1n) is 7.07. The molecule has 1 aromatic rings. The molecule has 1 fully saturated rings. The molecule has 0 saturated carbocycles. The number of hydrogen-bond donors (Lipinski definition) is 0. The molecule has 1 aliphatic rings. The van der Waals surface area contributed by atoms with Gasteiger partial charge in [0.25, 0.3) is 5.91 Å². The third kappa shape index (κ3) is 4.68. The number of ether oxygens (including phenoxy) is 1. The van der Waals surface area contributed by atoms with E-state index in [1.165, 1.54) is 0 Å². The molecular weight excluding hydrogens is 356 g/mol. The second-order valence-electron chi connectivity index (χ2n) is 5.10. The van der Waals surface area contributed by atoms with E-state index in [2.05, 4.69) is 20.8 Å². The lowest BCUT2D eigenvalue weighted by molar-refractivity contribution is 0.0758. The van der Waals surface area contributed by atoms with Crippen molar-refractivity contribution in [3.63, 3.8) is 0 Å². The Hall–Kier alpha value is -0.620. The number of halogens is 2. The number of amides is 1. The molecule has 116 valence electrons. The standard InChI is InChI=1S/C15H20BrClN2O2/c1-21-10-9-18-5-2-6-19(8-7-18)15(20)13-4-3-12(17)11-14(13)16/h3-4,11H,2,5-10H2,1H3. The summed E-state index contributed by atoms with van der Waals surface area (Å²) < 4.78 is 5.87. The van der Waals surface area contributed by atoms with Crippen molar-refractivity contribution in [1.29, 1.82) is 0 Å². The largest absolute Gasteiger partial charge is 0.383 e. The number of methoxy groups -OCH3 is 1. The van der Waals surface area contributed by atoms with E-state index in [-0.39, 0.29) is 5.91 Å². The number of carbonyl (C=O) groups is 1. The zero-order chi connectivity index (χ0) is 15.2. The van der Waals surface area contributed by atoms with Gasteiger partial charge in [-0.15, -0.1) is 0 Å². The number of rotatable bonds is 4. The molecule has 0 spiro atoms. The summed E-state index contributed by atoms with van der Waals surface area (Å²) in [5.74, 6) is 0.0622. The van der Waals surface area contributed by atoms with Crippen LogP contribution in [-0.2, 0) is 4.74 Å². The van der Waals surface area contributed by atoms with E-state index in [1.54, 1.807) is 25.3 Å². The maximum absolute atomic E-state index is 12.6. The smallest absolute Gasteiger partial charge is 0.255 e. The van der Waals surface area contributed by atoms with Crippen molar-refractivity contribution in [3.8, 4) is 0 Å². The number of benzene rings is 1. The molecule has 6 heteroatoms. The molecule has 1 heterocycles. The van der Waals surface area contributed by atoms with Crippen LogP contribution in [0.3, 0.4) is 0 Å². The van der Waals surface area contributed by atoms with Crippen LogP contribution in [0.1, 0.15) is 16.8 Å². The molecule has 1 saturated heterocycles. The Morgan fingerprint density at radius 2 is 2.14 bits per heavy atom. The van der Waals surface area contributed by atoms with Gasteiger partial charge in [0.2, 0.25) is 0 Å². The Balaban J connectivity index is 1.99. The van der Waals surface area contributed by atoms with Crippen molar-refractivity contribution < 1.29 is 9.53 Å². The Labute approximate surface area is 139 Å². The highest BCUT2D eigenvalue weighted by Gasteiger charge is 2.21. The minimum absolute atomic E-state index is 0.0622. The van der Waals surface area contributed by atoms with Gasteiger partial charge < -0.3 is 9.64 Å². The summed E-state index contributed by atoms with van der Waals surface area (Å²) in [5, 5.41) is 0.625. The molecule has 0 radical (unpaired) electrons. The van der Waals surface area contributed by atoms with Crippen molar-refractivity contribution in [2.24, 2.45) is 0 Å². The monoisotopic (exact) mass is 374 g/mol. The zero-order valence-electron chi connectivity index (χ0n) is 12.1. The van der Waals surface area contributed by atoms with E-state index in [0.717, 1.165) is 50.2 Å². The predicted molar refractivity (Wildman–Crippen MR) is 88.0 cm³/mol. The normalized spacial score (nSPS) is 16.8. The van der Waals surface area contributed by atoms with Crippen LogP contribution in [0.2, 0.25) is 5.02 Å². The first-order chi connectivity index (χ1) is 10.1. The highest BCUT2D eigenvalue weighted by atomic mass is 79.9. The third-order valence-electron chi connectivity index (χ3n) is 3.65. The molecule has 0 aromatic heterocycles. The summed E-state index contributed by atoms with van der Waals surface area (Å²) in [6.45, 7) is 5.09. The summed E-state index contributed by atoms with van der Waals surface area (Å²) in [7, 11) is 1.71. The van der Waals surface area contributed by atoms with Crippen LogP contribution in [0.15, 0.2) is 22.7 Å². The van der Waals surface area contributed by atoms with Gasteiger partial charge in [-0.2, -0.15) is 0 Å². The van der Waals surface area contributed by atoms with Crippen LogP contribution in [-0.4, -0.2) is 62.1 Å². The highest BCUT2D eigenvalue weighted by Crippen LogP contribution is 2.23. The van der Waals surface area contributed by atoms with Crippen molar-refractivity contribution in [2.45, 2.75) is 6.42 Å². The minimum Gasteiger partial charge on any atom is -0.383 e. The summed E-state index contributed by atoms with van der Waals surface area (Å²) in [5.41, 5.74) is 0.671. The average Bonchev–Trinajstić information content (AvgIpc) is 2.70. The summed E-state index contributed by atoms with van der Waals surface area (Å²) >= 11 is 9.35. The van der Waals surface area contributed by atoms with E-state index in [0.29, 0.717) is 10.6 Å². The van der Waals surface area contributed by atoms with E-state index >= 15 is 0 Å². The summed E-state index contributed by atoms with van der Waals surface area (Å²) in [4.78, 5) is 16.9. The third-order valence-corrected chi connectivity index (χ3v) is 4.54. The zero-order valence-corrected chi connectivity index (χ0v) is 14.5. The van der Waals surface area contributed by atoms with Gasteiger partial charge in [-0.3, -0.25) is 9.69 Å². The van der Waals surface area contributed by atoms with Crippen molar-refractivity contribution in [1.82, 2.24) is 9.80 Å². The average molecular weight is 376 g/mol. The maximum atomic E-state index is 12.6. The lowest BCUT2D eigenvalue weighted by Crippen LogP contribution is -2.36. The molecule has 0 bridgehead atoms. The lowest BCUT2D eigenvalue weighted by atomic mass is 10.2. The fourth-order valence-electron chi connectivity index (χ4n) is 2.45. The topological polar surface area (TPSA) is 32.8 Å². The van der Waals surface area contributed by atoms with Gasteiger partial charge >= 0.3 is 0 Å². The molecule has 1 aliphatic heterocycles. The van der Waals surface area contributed by atoms with Crippen LogP contribution in [0.4, 0.5) is 0 Å². The minimum atomic E-state index is 0.0622. The van der Waals surface area contributed by atoms with Crippen molar-refractivity contribution in [3.05, 3.63) is 33.3 Å². The molecule has 4 nitrogen and oxygen atoms in total. The van der Waals surface area contributed by atoms with Gasteiger partial charge in [0.05, 0.1) is 12.2 Å². The first-order valence-corrected chi connectivity index (χ1v) is 8.24. The Kier molecular flexibility index (Phi) is 6.48. The van der Waals surface area contributed by atoms with Crippen molar-refractivity contribution in [2.75, 3.05) is 46.4 Å². The molecule has 0 atom stereocenters. The Morgan fingerprint density at radius 1 is 1.33 bits per heavy atom. The lowest BCUT2D eigenvalue weighted by Gasteiger charge is -2.22. The fraction of sp³-hybridized carbons (Fsp3) is 0.533. The molecule has 0 unspecified atom stereocenters. The van der Waals surface area contributed by atoms with Gasteiger partial charge in [0, 0.05) is 42.8 Å². The van der Waals surface area contributed by atoms with Crippen LogP contribution in [0.5, 0.6) is 0 Å². The van der Waals surface area contributed by atoms with Crippen molar-refractivity contribution >= 4 is 33.4 Å². The number of carbonyl (C=O) groups excluding carboxylic acids is 1. The molecular formula is C15H20BrClN2O2. The molecule has 1 amide bonds. The summed E-state index contributed by atoms with van der Waals surface area (Å²) in [6.07, 6.45) is 0.987. The predicted octanol–water partition coefficient (Wildman–Crippen LogP) is 2.90. The number of nitrogens with zero attached hydrogens (tertiary/aromatic N) is 2. The highest BCUT2D eigenvalue weighted by molar-refractivity contribution is 9.10. The molecule has 2 rings (SSSR count). The van der Waals surface area contributed by atoms with Gasteiger partial charge in [-0.1, -0.05) is 11.6 Å². The molecule has 0 N–H and O–H groups in total.